The van der Waals surface area contributed by atoms with E-state index < -0.39 is 0 Å². The van der Waals surface area contributed by atoms with Crippen LogP contribution in [0.1, 0.15) is 41.8 Å². The van der Waals surface area contributed by atoms with Crippen molar-refractivity contribution in [2.24, 2.45) is 0 Å². The molecule has 25 heavy (non-hydrogen) atoms. The first-order chi connectivity index (χ1) is 12.1. The first-order valence-electron chi connectivity index (χ1n) is 7.97. The van der Waals surface area contributed by atoms with Crippen molar-refractivity contribution in [3.05, 3.63) is 70.9 Å². The van der Waals surface area contributed by atoms with E-state index in [1.807, 2.05) is 47.0 Å². The Hall–Kier alpha value is -2.11. The number of carbonyl (C=O) groups excluding carboxylic acids is 1. The molecule has 2 aromatic heterocycles. The smallest absolute Gasteiger partial charge is 0.185 e. The molecule has 0 saturated heterocycles. The number of pyridine rings is 1. The summed E-state index contributed by atoms with van der Waals surface area (Å²) >= 11 is 7.68. The van der Waals surface area contributed by atoms with Crippen molar-refractivity contribution in [1.29, 1.82) is 0 Å². The molecule has 0 N–H and O–H groups in total. The van der Waals surface area contributed by atoms with Gasteiger partial charge in [-0.05, 0) is 36.2 Å². The third kappa shape index (κ3) is 4.11. The summed E-state index contributed by atoms with van der Waals surface area (Å²) < 4.78 is 1.93. The predicted octanol–water partition coefficient (Wildman–Crippen LogP) is 5.07. The summed E-state index contributed by atoms with van der Waals surface area (Å²) in [6.45, 7) is 4.64. The summed E-state index contributed by atoms with van der Waals surface area (Å²) in [4.78, 5) is 21.5. The van der Waals surface area contributed by atoms with Crippen LogP contribution in [0.3, 0.4) is 0 Å². The van der Waals surface area contributed by atoms with Gasteiger partial charge in [0.1, 0.15) is 5.03 Å². The summed E-state index contributed by atoms with van der Waals surface area (Å²) in [7, 11) is 0. The molecule has 0 amide bonds. The van der Waals surface area contributed by atoms with Gasteiger partial charge >= 0.3 is 0 Å². The van der Waals surface area contributed by atoms with Crippen molar-refractivity contribution in [3.8, 4) is 0 Å². The highest BCUT2D eigenvalue weighted by Gasteiger charge is 2.20. The molecule has 0 unspecified atom stereocenters. The lowest BCUT2D eigenvalue weighted by atomic mass is 10.1. The van der Waals surface area contributed by atoms with Crippen LogP contribution in [0.15, 0.2) is 58.6 Å². The van der Waals surface area contributed by atoms with Crippen LogP contribution < -0.4 is 0 Å². The normalized spacial score (nSPS) is 11.0. The van der Waals surface area contributed by atoms with E-state index in [9.17, 15) is 4.79 Å². The Bertz CT molecular complexity index is 878. The van der Waals surface area contributed by atoms with E-state index >= 15 is 0 Å². The van der Waals surface area contributed by atoms with Crippen molar-refractivity contribution < 1.29 is 4.79 Å². The average Bonchev–Trinajstić information content (AvgIpc) is 2.94. The maximum atomic E-state index is 11.6. The van der Waals surface area contributed by atoms with Gasteiger partial charge in [-0.2, -0.15) is 0 Å². The van der Waals surface area contributed by atoms with Gasteiger partial charge in [0.15, 0.2) is 12.1 Å². The molecule has 6 heteroatoms. The number of imidazole rings is 1. The van der Waals surface area contributed by atoms with E-state index in [1.165, 1.54) is 0 Å². The van der Waals surface area contributed by atoms with E-state index in [0.29, 0.717) is 17.4 Å². The lowest BCUT2D eigenvalue weighted by Gasteiger charge is -2.12. The second-order valence-corrected chi connectivity index (χ2v) is 7.40. The molecule has 0 fully saturated rings. The Labute approximate surface area is 156 Å². The molecule has 0 radical (unpaired) electrons. The van der Waals surface area contributed by atoms with Gasteiger partial charge < -0.3 is 4.57 Å². The lowest BCUT2D eigenvalue weighted by Crippen LogP contribution is -2.07. The van der Waals surface area contributed by atoms with Gasteiger partial charge in [-0.15, -0.1) is 0 Å². The SMILES string of the molecule is CC(C)c1nc(C=O)n(Cc2ccccn2)c1Sc1cccc(Cl)c1. The van der Waals surface area contributed by atoms with Crippen LogP contribution in [0.25, 0.3) is 0 Å². The topological polar surface area (TPSA) is 47.8 Å². The molecule has 0 atom stereocenters. The second kappa shape index (κ2) is 7.85. The fraction of sp³-hybridized carbons (Fsp3) is 0.211. The molecule has 2 heterocycles. The number of nitrogens with zero attached hydrogens (tertiary/aromatic N) is 3. The number of halogens is 1. The molecule has 0 spiro atoms. The standard InChI is InChI=1S/C19H18ClN3OS/c1-13(2)18-19(25-16-8-5-6-14(20)10-16)23(17(12-24)22-18)11-15-7-3-4-9-21-15/h3-10,12-13H,11H2,1-2H3. The average molecular weight is 372 g/mol. The number of aldehydes is 1. The predicted molar refractivity (Wildman–Crippen MR) is 101 cm³/mol. The summed E-state index contributed by atoms with van der Waals surface area (Å²) in [6.07, 6.45) is 2.55. The minimum atomic E-state index is 0.199. The molecule has 0 aliphatic heterocycles. The van der Waals surface area contributed by atoms with Crippen LogP contribution in [0.2, 0.25) is 5.02 Å². The number of aromatic nitrogens is 3. The molecule has 0 bridgehead atoms. The van der Waals surface area contributed by atoms with Gasteiger partial charge in [0, 0.05) is 16.1 Å². The van der Waals surface area contributed by atoms with Crippen molar-refractivity contribution in [3.63, 3.8) is 0 Å². The molecule has 4 nitrogen and oxygen atoms in total. The highest BCUT2D eigenvalue weighted by molar-refractivity contribution is 7.99. The third-order valence-corrected chi connectivity index (χ3v) is 5.03. The van der Waals surface area contributed by atoms with Crippen LogP contribution in [0.4, 0.5) is 0 Å². The number of carbonyl (C=O) groups is 1. The Morgan fingerprint density at radius 1 is 1.24 bits per heavy atom. The fourth-order valence-corrected chi connectivity index (χ4v) is 3.96. The Kier molecular flexibility index (Phi) is 5.56. The number of rotatable bonds is 6. The molecule has 128 valence electrons. The van der Waals surface area contributed by atoms with Gasteiger partial charge in [0.2, 0.25) is 0 Å². The van der Waals surface area contributed by atoms with Crippen LogP contribution in [-0.2, 0) is 6.54 Å². The highest BCUT2D eigenvalue weighted by atomic mass is 35.5. The summed E-state index contributed by atoms with van der Waals surface area (Å²) in [5.74, 6) is 0.615. The van der Waals surface area contributed by atoms with E-state index in [2.05, 4.69) is 23.8 Å². The monoisotopic (exact) mass is 371 g/mol. The Morgan fingerprint density at radius 2 is 2.08 bits per heavy atom. The minimum Gasteiger partial charge on any atom is -0.310 e. The number of benzene rings is 1. The van der Waals surface area contributed by atoms with Crippen molar-refractivity contribution in [1.82, 2.24) is 14.5 Å². The van der Waals surface area contributed by atoms with Gasteiger partial charge in [0.25, 0.3) is 0 Å². The van der Waals surface area contributed by atoms with Gasteiger partial charge in [-0.3, -0.25) is 9.78 Å². The highest BCUT2D eigenvalue weighted by Crippen LogP contribution is 2.35. The quantitative estimate of drug-likeness (QED) is 0.568. The first-order valence-corrected chi connectivity index (χ1v) is 9.17. The van der Waals surface area contributed by atoms with E-state index in [4.69, 9.17) is 11.6 Å². The molecule has 0 aliphatic carbocycles. The van der Waals surface area contributed by atoms with Crippen LogP contribution in [0.5, 0.6) is 0 Å². The molecule has 0 aliphatic rings. The lowest BCUT2D eigenvalue weighted by molar-refractivity contribution is 0.111. The summed E-state index contributed by atoms with van der Waals surface area (Å²) in [6, 6.07) is 13.4. The Balaban J connectivity index is 2.06. The zero-order chi connectivity index (χ0) is 17.8. The van der Waals surface area contributed by atoms with Crippen molar-refractivity contribution >= 4 is 29.6 Å². The number of hydrogen-bond donors (Lipinski definition) is 0. The van der Waals surface area contributed by atoms with Gasteiger partial charge in [0.05, 0.1) is 17.9 Å². The zero-order valence-electron chi connectivity index (χ0n) is 14.0. The largest absolute Gasteiger partial charge is 0.310 e. The van der Waals surface area contributed by atoms with E-state index in [-0.39, 0.29) is 5.92 Å². The maximum Gasteiger partial charge on any atom is 0.185 e. The zero-order valence-corrected chi connectivity index (χ0v) is 15.6. The molecular weight excluding hydrogens is 354 g/mol. The van der Waals surface area contributed by atoms with E-state index in [0.717, 1.165) is 27.6 Å². The second-order valence-electron chi connectivity index (χ2n) is 5.90. The molecule has 3 rings (SSSR count). The van der Waals surface area contributed by atoms with Crippen LogP contribution in [-0.4, -0.2) is 20.8 Å². The van der Waals surface area contributed by atoms with Crippen LogP contribution >= 0.6 is 23.4 Å². The molecular formula is C19H18ClN3OS. The van der Waals surface area contributed by atoms with Crippen LogP contribution in [0, 0.1) is 0 Å². The van der Waals surface area contributed by atoms with Crippen molar-refractivity contribution in [2.75, 3.05) is 0 Å². The molecule has 1 aromatic carbocycles. The summed E-state index contributed by atoms with van der Waals surface area (Å²) in [5.41, 5.74) is 1.79. The van der Waals surface area contributed by atoms with Gasteiger partial charge in [-0.1, -0.05) is 49.3 Å². The first kappa shape index (κ1) is 17.7. The number of hydrogen-bond acceptors (Lipinski definition) is 4. The maximum absolute atomic E-state index is 11.6. The van der Waals surface area contributed by atoms with E-state index in [1.54, 1.807) is 18.0 Å². The Morgan fingerprint density at radius 3 is 2.72 bits per heavy atom. The molecule has 3 aromatic rings. The summed E-state index contributed by atoms with van der Waals surface area (Å²) in [5, 5.41) is 1.63. The fourth-order valence-electron chi connectivity index (χ4n) is 2.50. The molecule has 0 saturated carbocycles. The van der Waals surface area contributed by atoms with Crippen molar-refractivity contribution in [2.45, 2.75) is 36.2 Å². The van der Waals surface area contributed by atoms with Gasteiger partial charge in [-0.25, -0.2) is 4.98 Å². The minimum absolute atomic E-state index is 0.199. The third-order valence-electron chi connectivity index (χ3n) is 3.68.